The Labute approximate surface area is 191 Å². The van der Waals surface area contributed by atoms with Gasteiger partial charge in [0.2, 0.25) is 0 Å². The Morgan fingerprint density at radius 3 is 2.55 bits per heavy atom. The van der Waals surface area contributed by atoms with Crippen LogP contribution in [-0.2, 0) is 10.0 Å². The van der Waals surface area contributed by atoms with Crippen molar-refractivity contribution in [2.24, 2.45) is 5.92 Å². The number of anilines is 2. The van der Waals surface area contributed by atoms with Crippen LogP contribution in [0.25, 0.3) is 0 Å². The molecule has 1 heterocycles. The minimum atomic E-state index is -3.67. The topological polar surface area (TPSA) is 58.2 Å². The van der Waals surface area contributed by atoms with Crippen LogP contribution in [0.3, 0.4) is 0 Å². The minimum absolute atomic E-state index is 0.163. The maximum atomic E-state index is 13.0. The number of halogens is 1. The van der Waals surface area contributed by atoms with Crippen LogP contribution in [0.5, 0.6) is 0 Å². The summed E-state index contributed by atoms with van der Waals surface area (Å²) in [6, 6.07) is 21.2. The summed E-state index contributed by atoms with van der Waals surface area (Å²) in [6.45, 7) is 1.97. The number of hydrogen-bond donors (Lipinski definition) is 2. The lowest BCUT2D eigenvalue weighted by Gasteiger charge is -2.38. The number of fused-ring (bicyclic) bond motifs is 3. The van der Waals surface area contributed by atoms with Gasteiger partial charge in [0, 0.05) is 21.8 Å². The van der Waals surface area contributed by atoms with E-state index in [1.54, 1.807) is 18.2 Å². The monoisotopic (exact) mass is 494 g/mol. The summed E-state index contributed by atoms with van der Waals surface area (Å²) in [7, 11) is -3.67. The number of allylic oxidation sites excluding steroid dienone is 2. The zero-order valence-corrected chi connectivity index (χ0v) is 19.4. The zero-order chi connectivity index (χ0) is 21.6. The summed E-state index contributed by atoms with van der Waals surface area (Å²) in [4.78, 5) is 0.284. The average molecular weight is 495 g/mol. The van der Waals surface area contributed by atoms with E-state index in [9.17, 15) is 8.42 Å². The summed E-state index contributed by atoms with van der Waals surface area (Å²) >= 11 is 3.69. The second kappa shape index (κ2) is 7.84. The zero-order valence-electron chi connectivity index (χ0n) is 17.0. The van der Waals surface area contributed by atoms with E-state index in [1.165, 1.54) is 5.56 Å². The molecule has 4 nitrogen and oxygen atoms in total. The van der Waals surface area contributed by atoms with Crippen molar-refractivity contribution < 1.29 is 8.42 Å². The molecule has 1 aliphatic carbocycles. The molecule has 0 spiro atoms. The van der Waals surface area contributed by atoms with Crippen molar-refractivity contribution in [1.29, 1.82) is 0 Å². The summed E-state index contributed by atoms with van der Waals surface area (Å²) in [5, 5.41) is 3.67. The van der Waals surface area contributed by atoms with Crippen LogP contribution in [0.1, 0.15) is 35.1 Å². The summed E-state index contributed by atoms with van der Waals surface area (Å²) in [6.07, 6.45) is 5.39. The molecule has 0 aromatic heterocycles. The molecular formula is C25H23BrN2O2S. The van der Waals surface area contributed by atoms with Gasteiger partial charge in [-0.1, -0.05) is 64.0 Å². The Morgan fingerprint density at radius 2 is 1.77 bits per heavy atom. The maximum Gasteiger partial charge on any atom is 0.261 e. The van der Waals surface area contributed by atoms with Crippen molar-refractivity contribution in [1.82, 2.24) is 0 Å². The van der Waals surface area contributed by atoms with Crippen molar-refractivity contribution in [3.05, 3.63) is 100 Å². The normalized spacial score (nSPS) is 21.8. The van der Waals surface area contributed by atoms with Crippen LogP contribution in [0.2, 0.25) is 0 Å². The van der Waals surface area contributed by atoms with Crippen LogP contribution >= 0.6 is 15.9 Å². The van der Waals surface area contributed by atoms with Gasteiger partial charge in [-0.25, -0.2) is 8.42 Å². The van der Waals surface area contributed by atoms with Gasteiger partial charge in [0.15, 0.2) is 0 Å². The quantitative estimate of drug-likeness (QED) is 0.413. The molecule has 0 saturated carbocycles. The molecule has 5 rings (SSSR count). The molecule has 0 fully saturated rings. The van der Waals surface area contributed by atoms with Gasteiger partial charge in [0.05, 0.1) is 10.9 Å². The van der Waals surface area contributed by atoms with E-state index < -0.39 is 10.0 Å². The Kier molecular flexibility index (Phi) is 5.15. The maximum absolute atomic E-state index is 13.0. The second-order valence-electron chi connectivity index (χ2n) is 8.22. The predicted octanol–water partition coefficient (Wildman–Crippen LogP) is 6.38. The third-order valence-corrected chi connectivity index (χ3v) is 8.29. The van der Waals surface area contributed by atoms with E-state index in [0.29, 0.717) is 11.6 Å². The summed E-state index contributed by atoms with van der Waals surface area (Å²) in [5.41, 5.74) is 4.90. The molecule has 3 aromatic carbocycles. The number of nitrogens with one attached hydrogen (secondary N) is 2. The minimum Gasteiger partial charge on any atom is -0.378 e. The van der Waals surface area contributed by atoms with Crippen LogP contribution in [-0.4, -0.2) is 8.42 Å². The molecule has 0 saturated heterocycles. The molecule has 158 valence electrons. The largest absolute Gasteiger partial charge is 0.378 e. The first-order chi connectivity index (χ1) is 14.9. The fourth-order valence-electron chi connectivity index (χ4n) is 4.61. The number of rotatable bonds is 4. The van der Waals surface area contributed by atoms with E-state index in [0.717, 1.165) is 27.7 Å². The van der Waals surface area contributed by atoms with Crippen LogP contribution in [0.4, 0.5) is 11.4 Å². The van der Waals surface area contributed by atoms with Gasteiger partial charge in [-0.3, -0.25) is 4.72 Å². The molecule has 0 bridgehead atoms. The molecule has 3 atom stereocenters. The molecule has 0 radical (unpaired) electrons. The van der Waals surface area contributed by atoms with Gasteiger partial charge in [0.1, 0.15) is 0 Å². The predicted molar refractivity (Wildman–Crippen MR) is 129 cm³/mol. The molecular weight excluding hydrogens is 472 g/mol. The molecule has 6 heteroatoms. The van der Waals surface area contributed by atoms with Crippen LogP contribution in [0.15, 0.2) is 88.3 Å². The highest BCUT2D eigenvalue weighted by molar-refractivity contribution is 9.10. The smallest absolute Gasteiger partial charge is 0.261 e. The van der Waals surface area contributed by atoms with E-state index >= 15 is 0 Å². The Balaban J connectivity index is 1.50. The van der Waals surface area contributed by atoms with E-state index in [1.807, 2.05) is 37.3 Å². The lowest BCUT2D eigenvalue weighted by atomic mass is 9.77. The first kappa shape index (κ1) is 20.3. The highest BCUT2D eigenvalue weighted by atomic mass is 79.9. The van der Waals surface area contributed by atoms with E-state index in [4.69, 9.17) is 0 Å². The molecule has 0 unspecified atom stereocenters. The van der Waals surface area contributed by atoms with Crippen molar-refractivity contribution >= 4 is 37.3 Å². The fraction of sp³-hybridized carbons (Fsp3) is 0.200. The summed E-state index contributed by atoms with van der Waals surface area (Å²) < 4.78 is 29.9. The van der Waals surface area contributed by atoms with E-state index in [-0.39, 0.29) is 16.9 Å². The van der Waals surface area contributed by atoms with Gasteiger partial charge in [0.25, 0.3) is 10.0 Å². The third kappa shape index (κ3) is 3.79. The van der Waals surface area contributed by atoms with Crippen molar-refractivity contribution in [2.75, 3.05) is 10.0 Å². The number of sulfonamides is 1. The second-order valence-corrected chi connectivity index (χ2v) is 10.8. The van der Waals surface area contributed by atoms with Crippen LogP contribution < -0.4 is 10.0 Å². The molecule has 2 aliphatic rings. The Bertz CT molecular complexity index is 1270. The first-order valence-electron chi connectivity index (χ1n) is 10.3. The van der Waals surface area contributed by atoms with Crippen molar-refractivity contribution in [2.45, 2.75) is 30.2 Å². The van der Waals surface area contributed by atoms with Crippen LogP contribution in [0, 0.1) is 12.8 Å². The van der Waals surface area contributed by atoms with Gasteiger partial charge in [-0.15, -0.1) is 0 Å². The average Bonchev–Trinajstić information content (AvgIpc) is 3.25. The molecule has 1 aliphatic heterocycles. The molecule has 0 amide bonds. The third-order valence-electron chi connectivity index (χ3n) is 6.19. The lowest BCUT2D eigenvalue weighted by Crippen LogP contribution is -2.29. The number of hydrogen-bond acceptors (Lipinski definition) is 3. The summed E-state index contributed by atoms with van der Waals surface area (Å²) in [5.74, 6) is 0.525. The number of benzene rings is 3. The fourth-order valence-corrected chi connectivity index (χ4v) is 6.24. The SMILES string of the molecule is Cc1ccc(NS(=O)(=O)c2ccc3c(c2)[C@H]2C=CC[C@H]2[C@@H](c2ccccc2Br)N3)cc1. The number of aryl methyl sites for hydroxylation is 1. The van der Waals surface area contributed by atoms with Gasteiger partial charge in [-0.2, -0.15) is 0 Å². The first-order valence-corrected chi connectivity index (χ1v) is 12.6. The van der Waals surface area contributed by atoms with Crippen molar-refractivity contribution in [3.8, 4) is 0 Å². The van der Waals surface area contributed by atoms with Gasteiger partial charge in [-0.05, 0) is 66.8 Å². The van der Waals surface area contributed by atoms with E-state index in [2.05, 4.69) is 56.3 Å². The Morgan fingerprint density at radius 1 is 1.00 bits per heavy atom. The highest BCUT2D eigenvalue weighted by Crippen LogP contribution is 2.51. The van der Waals surface area contributed by atoms with Gasteiger partial charge < -0.3 is 5.32 Å². The molecule has 3 aromatic rings. The lowest BCUT2D eigenvalue weighted by molar-refractivity contribution is 0.424. The molecule has 31 heavy (non-hydrogen) atoms. The van der Waals surface area contributed by atoms with Crippen molar-refractivity contribution in [3.63, 3.8) is 0 Å². The highest BCUT2D eigenvalue weighted by Gasteiger charge is 2.39. The Hall–Kier alpha value is -2.57. The standard InChI is InChI=1S/C25H23BrN2O2S/c1-16-9-11-17(12-10-16)28-31(29,30)18-13-14-24-22(15-18)19-6-4-7-20(19)25(27-24)21-5-2-3-8-23(21)26/h2-6,8-15,19-20,25,27-28H,7H2,1H3/t19-,20+,25-/m0/s1. The molecule has 2 N–H and O–H groups in total. The van der Waals surface area contributed by atoms with Gasteiger partial charge >= 0.3 is 0 Å².